The lowest BCUT2D eigenvalue weighted by Gasteiger charge is -2.19. The van der Waals surface area contributed by atoms with E-state index in [-0.39, 0.29) is 0 Å². The van der Waals surface area contributed by atoms with Crippen molar-refractivity contribution in [1.82, 2.24) is 4.57 Å². The molecule has 136 valence electrons. The van der Waals surface area contributed by atoms with E-state index < -0.39 is 0 Å². The van der Waals surface area contributed by atoms with Crippen molar-refractivity contribution in [2.45, 2.75) is 0 Å². The fraction of sp³-hybridized carbons (Fsp3) is 0.0769. The molecule has 0 aliphatic heterocycles. The van der Waals surface area contributed by atoms with Crippen LogP contribution >= 0.6 is 0 Å². The number of para-hydroxylation sites is 2. The predicted octanol–water partition coefficient (Wildman–Crippen LogP) is 6.77. The van der Waals surface area contributed by atoms with Crippen molar-refractivity contribution >= 4 is 33.2 Å². The molecule has 0 aliphatic carbocycles. The van der Waals surface area contributed by atoms with Gasteiger partial charge in [0.2, 0.25) is 0 Å². The molecule has 2 heteroatoms. The van der Waals surface area contributed by atoms with Crippen LogP contribution in [-0.4, -0.2) is 11.6 Å². The second kappa shape index (κ2) is 6.58. The number of aromatic nitrogens is 1. The number of hydrogen-bond donors (Lipinski definition) is 0. The van der Waals surface area contributed by atoms with Crippen molar-refractivity contribution in [3.63, 3.8) is 0 Å². The summed E-state index contributed by atoms with van der Waals surface area (Å²) in [6.45, 7) is 0. The molecule has 1 heterocycles. The summed E-state index contributed by atoms with van der Waals surface area (Å²) in [6.07, 6.45) is 0. The Balaban J connectivity index is 1.54. The first-order valence-electron chi connectivity index (χ1n) is 9.59. The van der Waals surface area contributed by atoms with Crippen molar-refractivity contribution in [1.29, 1.82) is 0 Å². The second-order valence-corrected chi connectivity index (χ2v) is 7.25. The number of benzene rings is 4. The van der Waals surface area contributed by atoms with Crippen molar-refractivity contribution in [2.24, 2.45) is 7.05 Å². The average molecular weight is 362 g/mol. The fourth-order valence-electron chi connectivity index (χ4n) is 4.03. The van der Waals surface area contributed by atoms with Crippen LogP contribution in [0.2, 0.25) is 0 Å². The molecule has 28 heavy (non-hydrogen) atoms. The molecule has 5 rings (SSSR count). The minimum atomic E-state index is 1.18. The molecule has 0 bridgehead atoms. The van der Waals surface area contributed by atoms with Gasteiger partial charge in [0.25, 0.3) is 0 Å². The van der Waals surface area contributed by atoms with Gasteiger partial charge in [-0.1, -0.05) is 54.6 Å². The number of hydrogen-bond acceptors (Lipinski definition) is 1. The molecule has 0 amide bonds. The first-order chi connectivity index (χ1) is 13.7. The zero-order valence-corrected chi connectivity index (χ0v) is 16.1. The van der Waals surface area contributed by atoms with Crippen molar-refractivity contribution in [3.05, 3.63) is 97.1 Å². The smallest absolute Gasteiger partial charge is 0.0489 e. The molecule has 0 saturated heterocycles. The second-order valence-electron chi connectivity index (χ2n) is 7.25. The number of nitrogens with zero attached hydrogens (tertiary/aromatic N) is 2. The Labute approximate surface area is 165 Å². The van der Waals surface area contributed by atoms with Gasteiger partial charge < -0.3 is 9.47 Å². The van der Waals surface area contributed by atoms with E-state index in [1.165, 1.54) is 44.3 Å². The SMILES string of the molecule is CN(c1ccccc1)c1ccc(-c2ccc3c(c2)c2ccccc2n3C)cc1. The van der Waals surface area contributed by atoms with Gasteiger partial charge in [-0.05, 0) is 53.6 Å². The Hall–Kier alpha value is -3.52. The van der Waals surface area contributed by atoms with E-state index in [1.54, 1.807) is 0 Å². The lowest BCUT2D eigenvalue weighted by molar-refractivity contribution is 1.01. The van der Waals surface area contributed by atoms with Gasteiger partial charge in [-0.15, -0.1) is 0 Å². The summed E-state index contributed by atoms with van der Waals surface area (Å²) >= 11 is 0. The molecule has 0 fully saturated rings. The van der Waals surface area contributed by atoms with Gasteiger partial charge in [0.1, 0.15) is 0 Å². The molecule has 0 aliphatic rings. The number of rotatable bonds is 3. The van der Waals surface area contributed by atoms with E-state index in [0.717, 1.165) is 0 Å². The highest BCUT2D eigenvalue weighted by atomic mass is 15.1. The summed E-state index contributed by atoms with van der Waals surface area (Å²) in [5.41, 5.74) is 7.39. The Kier molecular flexibility index (Phi) is 3.91. The summed E-state index contributed by atoms with van der Waals surface area (Å²) in [5, 5.41) is 2.61. The largest absolute Gasteiger partial charge is 0.345 e. The zero-order chi connectivity index (χ0) is 19.1. The molecule has 4 aromatic carbocycles. The van der Waals surface area contributed by atoms with E-state index in [1.807, 2.05) is 6.07 Å². The van der Waals surface area contributed by atoms with Gasteiger partial charge in [-0.2, -0.15) is 0 Å². The minimum Gasteiger partial charge on any atom is -0.345 e. The maximum atomic E-state index is 2.31. The quantitative estimate of drug-likeness (QED) is 0.344. The van der Waals surface area contributed by atoms with E-state index >= 15 is 0 Å². The van der Waals surface area contributed by atoms with E-state index in [0.29, 0.717) is 0 Å². The summed E-state index contributed by atoms with van der Waals surface area (Å²) in [6, 6.07) is 34.6. The Morgan fingerprint density at radius 3 is 1.96 bits per heavy atom. The number of aryl methyl sites for hydroxylation is 1. The van der Waals surface area contributed by atoms with Crippen LogP contribution in [0.25, 0.3) is 32.9 Å². The van der Waals surface area contributed by atoms with Crippen LogP contribution in [0.4, 0.5) is 11.4 Å². The molecule has 1 aromatic heterocycles. The van der Waals surface area contributed by atoms with Crippen LogP contribution < -0.4 is 4.90 Å². The first kappa shape index (κ1) is 16.6. The van der Waals surface area contributed by atoms with Crippen LogP contribution in [-0.2, 0) is 7.05 Å². The lowest BCUT2D eigenvalue weighted by atomic mass is 10.0. The third-order valence-corrected chi connectivity index (χ3v) is 5.64. The summed E-state index contributed by atoms with van der Waals surface area (Å²) in [7, 11) is 4.24. The third kappa shape index (κ3) is 2.66. The van der Waals surface area contributed by atoms with Crippen LogP contribution in [0.5, 0.6) is 0 Å². The monoisotopic (exact) mass is 362 g/mol. The highest BCUT2D eigenvalue weighted by Crippen LogP contribution is 2.33. The topological polar surface area (TPSA) is 8.17 Å². The molecule has 0 saturated carbocycles. The molecule has 2 nitrogen and oxygen atoms in total. The summed E-state index contributed by atoms with van der Waals surface area (Å²) in [5.74, 6) is 0. The van der Waals surface area contributed by atoms with Crippen molar-refractivity contribution in [2.75, 3.05) is 11.9 Å². The predicted molar refractivity (Wildman–Crippen MR) is 120 cm³/mol. The standard InChI is InChI=1S/C26H22N2/c1-27(21-8-4-3-5-9-21)22-15-12-19(13-16-22)20-14-17-26-24(18-20)23-10-6-7-11-25(23)28(26)2/h3-18H,1-2H3. The van der Waals surface area contributed by atoms with Crippen molar-refractivity contribution in [3.8, 4) is 11.1 Å². The van der Waals surface area contributed by atoms with Gasteiger partial charge in [-0.25, -0.2) is 0 Å². The zero-order valence-electron chi connectivity index (χ0n) is 16.1. The molecule has 0 unspecified atom stereocenters. The van der Waals surface area contributed by atoms with E-state index in [2.05, 4.69) is 115 Å². The molecule has 0 atom stereocenters. The van der Waals surface area contributed by atoms with Gasteiger partial charge in [0.15, 0.2) is 0 Å². The third-order valence-electron chi connectivity index (χ3n) is 5.64. The maximum absolute atomic E-state index is 2.31. The minimum absolute atomic E-state index is 1.18. The van der Waals surface area contributed by atoms with Crippen LogP contribution in [0.1, 0.15) is 0 Å². The first-order valence-corrected chi connectivity index (χ1v) is 9.59. The highest BCUT2D eigenvalue weighted by molar-refractivity contribution is 6.09. The molecule has 0 spiro atoms. The molecule has 5 aromatic rings. The summed E-state index contributed by atoms with van der Waals surface area (Å²) < 4.78 is 2.27. The van der Waals surface area contributed by atoms with Gasteiger partial charge in [0, 0.05) is 47.3 Å². The van der Waals surface area contributed by atoms with Crippen LogP contribution in [0.15, 0.2) is 97.1 Å². The fourth-order valence-corrected chi connectivity index (χ4v) is 4.03. The van der Waals surface area contributed by atoms with E-state index in [4.69, 9.17) is 0 Å². The van der Waals surface area contributed by atoms with Gasteiger partial charge >= 0.3 is 0 Å². The van der Waals surface area contributed by atoms with Crippen molar-refractivity contribution < 1.29 is 0 Å². The molecular weight excluding hydrogens is 340 g/mol. The molecule has 0 radical (unpaired) electrons. The highest BCUT2D eigenvalue weighted by Gasteiger charge is 2.09. The normalized spacial score (nSPS) is 11.2. The van der Waals surface area contributed by atoms with E-state index in [9.17, 15) is 0 Å². The number of anilines is 2. The Bertz CT molecular complexity index is 1260. The van der Waals surface area contributed by atoms with Crippen LogP contribution in [0, 0.1) is 0 Å². The number of fused-ring (bicyclic) bond motifs is 3. The lowest BCUT2D eigenvalue weighted by Crippen LogP contribution is -2.08. The summed E-state index contributed by atoms with van der Waals surface area (Å²) in [4.78, 5) is 2.21. The maximum Gasteiger partial charge on any atom is 0.0489 e. The van der Waals surface area contributed by atoms with Gasteiger partial charge in [-0.3, -0.25) is 0 Å². The van der Waals surface area contributed by atoms with Crippen LogP contribution in [0.3, 0.4) is 0 Å². The molecular formula is C26H22N2. The average Bonchev–Trinajstić information content (AvgIpc) is 3.06. The van der Waals surface area contributed by atoms with Gasteiger partial charge in [0.05, 0.1) is 0 Å². The molecule has 0 N–H and O–H groups in total. The Morgan fingerprint density at radius 2 is 1.18 bits per heavy atom. The Morgan fingerprint density at radius 1 is 0.571 bits per heavy atom.